The number of carboxylic acid groups (broad SMARTS) is 1. The molecule has 0 spiro atoms. The highest BCUT2D eigenvalue weighted by molar-refractivity contribution is 5.72. The van der Waals surface area contributed by atoms with Gasteiger partial charge in [-0.15, -0.1) is 0 Å². The number of aliphatic carboxylic acids is 1. The van der Waals surface area contributed by atoms with E-state index in [0.717, 1.165) is 0 Å². The van der Waals surface area contributed by atoms with E-state index in [1.165, 1.54) is 31.2 Å². The molecule has 0 saturated carbocycles. The Hall–Kier alpha value is -3.05. The fourth-order valence-electron chi connectivity index (χ4n) is 3.09. The zero-order chi connectivity index (χ0) is 31.9. The molecule has 0 bridgehead atoms. The molecule has 1 N–H and O–H groups in total. The van der Waals surface area contributed by atoms with Gasteiger partial charge in [0, 0.05) is 13.0 Å². The quantitative estimate of drug-likeness (QED) is 0.227. The molecule has 236 valence electrons. The molecule has 0 aliphatic rings. The van der Waals surface area contributed by atoms with Crippen LogP contribution in [0.5, 0.6) is 5.75 Å². The first-order valence-corrected chi connectivity index (χ1v) is 11.7. The van der Waals surface area contributed by atoms with Gasteiger partial charge in [-0.2, -0.15) is 48.3 Å². The maximum Gasteiger partial charge on any atom is 0.460 e. The van der Waals surface area contributed by atoms with Crippen molar-refractivity contribution in [2.45, 2.75) is 62.7 Å². The van der Waals surface area contributed by atoms with Crippen LogP contribution in [-0.2, 0) is 20.7 Å². The lowest BCUT2D eigenvalue weighted by atomic mass is 9.97. The second kappa shape index (κ2) is 13.7. The maximum atomic E-state index is 14.3. The molecular formula is C23H26F11NO6. The minimum Gasteiger partial charge on any atom is -0.492 e. The first-order valence-electron chi connectivity index (χ1n) is 11.7. The lowest BCUT2D eigenvalue weighted by molar-refractivity contribution is -0.422. The number of alkyl halides is 11. The number of nitrogens with zero attached hydrogens (tertiary/aromatic N) is 1. The van der Waals surface area contributed by atoms with E-state index in [-0.39, 0.29) is 30.1 Å². The Morgan fingerprint density at radius 1 is 0.854 bits per heavy atom. The van der Waals surface area contributed by atoms with Crippen LogP contribution in [0.2, 0.25) is 0 Å². The van der Waals surface area contributed by atoms with E-state index in [9.17, 15) is 57.9 Å². The predicted octanol–water partition coefficient (Wildman–Crippen LogP) is 6.05. The molecule has 0 aliphatic heterocycles. The predicted molar refractivity (Wildman–Crippen MR) is 118 cm³/mol. The molecule has 1 aromatic rings. The van der Waals surface area contributed by atoms with Crippen LogP contribution in [0.1, 0.15) is 25.8 Å². The third kappa shape index (κ3) is 8.48. The summed E-state index contributed by atoms with van der Waals surface area (Å²) >= 11 is 0. The maximum absolute atomic E-state index is 14.3. The van der Waals surface area contributed by atoms with Gasteiger partial charge in [-0.3, -0.25) is 4.90 Å². The molecule has 18 heteroatoms. The lowest BCUT2D eigenvalue weighted by Gasteiger charge is -2.38. The normalized spacial score (nSPS) is 14.0. The van der Waals surface area contributed by atoms with Gasteiger partial charge < -0.3 is 19.3 Å². The number of benzene rings is 1. The van der Waals surface area contributed by atoms with Gasteiger partial charge in [0.15, 0.2) is 6.10 Å². The van der Waals surface area contributed by atoms with Crippen LogP contribution in [0.4, 0.5) is 53.1 Å². The molecule has 0 saturated heterocycles. The standard InChI is InChI=1S/C23H26F11NO6/c1-3-10-41-18(38)35(13-19(24,25)20(26,27)21(28,29)22(30,31)23(32,33)34)9-11-40-15-7-5-14(6-8-15)12-16(17(36)37)39-4-2/h5-8,16H,3-4,9-13H2,1-2H3,(H,36,37). The van der Waals surface area contributed by atoms with Crippen molar-refractivity contribution in [3.63, 3.8) is 0 Å². The second-order valence-corrected chi connectivity index (χ2v) is 8.44. The minimum atomic E-state index is -7.61. The molecule has 0 aromatic heterocycles. The van der Waals surface area contributed by atoms with Crippen LogP contribution in [0, 0.1) is 0 Å². The fourth-order valence-corrected chi connectivity index (χ4v) is 3.09. The van der Waals surface area contributed by atoms with E-state index in [4.69, 9.17) is 14.6 Å². The topological polar surface area (TPSA) is 85.3 Å². The van der Waals surface area contributed by atoms with Crippen molar-refractivity contribution in [1.82, 2.24) is 4.90 Å². The van der Waals surface area contributed by atoms with E-state index in [0.29, 0.717) is 5.56 Å². The van der Waals surface area contributed by atoms with Crippen molar-refractivity contribution in [2.75, 3.05) is 32.9 Å². The molecular weight excluding hydrogens is 595 g/mol. The summed E-state index contributed by atoms with van der Waals surface area (Å²) in [6.45, 7) is -1.95. The zero-order valence-electron chi connectivity index (χ0n) is 21.4. The van der Waals surface area contributed by atoms with Gasteiger partial charge in [0.1, 0.15) is 12.4 Å². The lowest BCUT2D eigenvalue weighted by Crippen LogP contribution is -2.68. The number of amides is 1. The van der Waals surface area contributed by atoms with E-state index in [1.807, 2.05) is 0 Å². The molecule has 0 fully saturated rings. The summed E-state index contributed by atoms with van der Waals surface area (Å²) in [5.41, 5.74) is 0.460. The largest absolute Gasteiger partial charge is 0.492 e. The highest BCUT2D eigenvalue weighted by atomic mass is 19.4. The molecule has 7 nitrogen and oxygen atoms in total. The minimum absolute atomic E-state index is 0.0210. The van der Waals surface area contributed by atoms with Crippen LogP contribution in [0.15, 0.2) is 24.3 Å². The van der Waals surface area contributed by atoms with Crippen molar-refractivity contribution in [3.05, 3.63) is 29.8 Å². The fraction of sp³-hybridized carbons (Fsp3) is 0.652. The van der Waals surface area contributed by atoms with Gasteiger partial charge in [-0.25, -0.2) is 9.59 Å². The smallest absolute Gasteiger partial charge is 0.460 e. The summed E-state index contributed by atoms with van der Waals surface area (Å²) in [7, 11) is 0. The van der Waals surface area contributed by atoms with Gasteiger partial charge >= 0.3 is 41.9 Å². The van der Waals surface area contributed by atoms with Gasteiger partial charge in [0.05, 0.1) is 19.7 Å². The van der Waals surface area contributed by atoms with E-state index < -0.39 is 74.3 Å². The molecule has 0 radical (unpaired) electrons. The second-order valence-electron chi connectivity index (χ2n) is 8.44. The summed E-state index contributed by atoms with van der Waals surface area (Å²) in [5.74, 6) is -30.0. The number of halogens is 11. The van der Waals surface area contributed by atoms with Crippen LogP contribution < -0.4 is 4.74 Å². The van der Waals surface area contributed by atoms with Gasteiger partial charge in [0.2, 0.25) is 0 Å². The SMILES string of the molecule is CCCOC(=O)N(CCOc1ccc(CC(OCC)C(=O)O)cc1)CC(F)(F)C(F)(F)C(F)(F)C(F)(F)C(F)(F)F. The Morgan fingerprint density at radius 3 is 1.88 bits per heavy atom. The Kier molecular flexibility index (Phi) is 12.1. The zero-order valence-corrected chi connectivity index (χ0v) is 21.4. The number of carboxylic acids is 1. The number of rotatable bonds is 16. The average Bonchev–Trinajstić information content (AvgIpc) is 2.86. The van der Waals surface area contributed by atoms with Gasteiger partial charge in [0.25, 0.3) is 0 Å². The van der Waals surface area contributed by atoms with Crippen molar-refractivity contribution < 1.29 is 77.2 Å². The molecule has 1 amide bonds. The highest BCUT2D eigenvalue weighted by Crippen LogP contribution is 2.57. The van der Waals surface area contributed by atoms with Gasteiger partial charge in [-0.05, 0) is 31.0 Å². The molecule has 1 rings (SSSR count). The average molecular weight is 621 g/mol. The van der Waals surface area contributed by atoms with Crippen molar-refractivity contribution in [3.8, 4) is 5.75 Å². The molecule has 1 aromatic carbocycles. The highest BCUT2D eigenvalue weighted by Gasteiger charge is 2.87. The number of carbonyl (C=O) groups excluding carboxylic acids is 1. The van der Waals surface area contributed by atoms with Crippen LogP contribution in [0.25, 0.3) is 0 Å². The third-order valence-electron chi connectivity index (χ3n) is 5.30. The Balaban J connectivity index is 3.07. The third-order valence-corrected chi connectivity index (χ3v) is 5.30. The summed E-state index contributed by atoms with van der Waals surface area (Å²) < 4.78 is 162. The van der Waals surface area contributed by atoms with E-state index in [2.05, 4.69) is 4.74 Å². The summed E-state index contributed by atoms with van der Waals surface area (Å²) in [6, 6.07) is 5.30. The Morgan fingerprint density at radius 2 is 1.41 bits per heavy atom. The number of carbonyl (C=O) groups is 2. The number of hydrogen-bond donors (Lipinski definition) is 1. The van der Waals surface area contributed by atoms with Crippen LogP contribution >= 0.6 is 0 Å². The Labute approximate surface area is 226 Å². The molecule has 0 aliphatic carbocycles. The summed E-state index contributed by atoms with van der Waals surface area (Å²) in [4.78, 5) is 23.0. The number of hydrogen-bond acceptors (Lipinski definition) is 5. The molecule has 41 heavy (non-hydrogen) atoms. The van der Waals surface area contributed by atoms with E-state index >= 15 is 0 Å². The summed E-state index contributed by atoms with van der Waals surface area (Å²) in [5, 5.41) is 9.12. The Bertz CT molecular complexity index is 1000. The first kappa shape index (κ1) is 36.0. The van der Waals surface area contributed by atoms with Crippen LogP contribution in [0.3, 0.4) is 0 Å². The molecule has 1 unspecified atom stereocenters. The van der Waals surface area contributed by atoms with Crippen molar-refractivity contribution in [2.24, 2.45) is 0 Å². The van der Waals surface area contributed by atoms with E-state index in [1.54, 1.807) is 6.92 Å². The molecule has 0 heterocycles. The monoisotopic (exact) mass is 621 g/mol. The van der Waals surface area contributed by atoms with Crippen molar-refractivity contribution in [1.29, 1.82) is 0 Å². The van der Waals surface area contributed by atoms with Crippen molar-refractivity contribution >= 4 is 12.1 Å². The van der Waals surface area contributed by atoms with Gasteiger partial charge in [-0.1, -0.05) is 19.1 Å². The molecule has 1 atom stereocenters. The van der Waals surface area contributed by atoms with Crippen LogP contribution in [-0.4, -0.2) is 90.9 Å². The number of ether oxygens (including phenoxy) is 3. The first-order chi connectivity index (χ1) is 18.7. The summed E-state index contributed by atoms with van der Waals surface area (Å²) in [6.07, 6.45) is -10.2.